The molecule has 0 aromatic rings. The third-order valence-corrected chi connectivity index (χ3v) is 18.2. The molecule has 9 rings (SSSR count). The Morgan fingerprint density at radius 3 is 1.81 bits per heavy atom. The molecule has 0 aromatic heterocycles. The molecule has 27 atom stereocenters. The van der Waals surface area contributed by atoms with E-state index >= 15 is 0 Å². The van der Waals surface area contributed by atoms with Crippen LogP contribution >= 0.6 is 0 Å². The summed E-state index contributed by atoms with van der Waals surface area (Å²) in [5.41, 5.74) is 0.400. The van der Waals surface area contributed by atoms with Crippen LogP contribution in [0, 0.1) is 52.3 Å². The lowest BCUT2D eigenvalue weighted by molar-refractivity contribution is -0.345. The van der Waals surface area contributed by atoms with Crippen LogP contribution in [-0.4, -0.2) is 176 Å². The van der Waals surface area contributed by atoms with Gasteiger partial charge in [-0.1, -0.05) is 27.7 Å². The summed E-state index contributed by atoms with van der Waals surface area (Å²) in [5.74, 6) is 3.41. The number of rotatable bonds is 8. The molecule has 62 heavy (non-hydrogen) atoms. The molecule has 9 aliphatic rings. The molecule has 1 spiro atoms. The summed E-state index contributed by atoms with van der Waals surface area (Å²) < 4.78 is 48.5. The minimum atomic E-state index is -1.75. The van der Waals surface area contributed by atoms with Gasteiger partial charge in [0.25, 0.3) is 0 Å². The second-order valence-corrected chi connectivity index (χ2v) is 21.6. The first-order valence-corrected chi connectivity index (χ1v) is 23.7. The van der Waals surface area contributed by atoms with Gasteiger partial charge in [-0.15, -0.1) is 0 Å². The molecule has 5 aliphatic heterocycles. The summed E-state index contributed by atoms with van der Waals surface area (Å²) in [4.78, 5) is 0. The summed E-state index contributed by atoms with van der Waals surface area (Å²) in [7, 11) is 0. The van der Waals surface area contributed by atoms with Crippen LogP contribution in [0.1, 0.15) is 98.8 Å². The average Bonchev–Trinajstić information content (AvgIpc) is 3.70. The van der Waals surface area contributed by atoms with E-state index in [1.54, 1.807) is 0 Å². The molecule has 0 unspecified atom stereocenters. The predicted octanol–water partition coefficient (Wildman–Crippen LogP) is 0.294. The maximum atomic E-state index is 11.1. The van der Waals surface area contributed by atoms with Crippen molar-refractivity contribution in [2.45, 2.75) is 209 Å². The zero-order chi connectivity index (χ0) is 44.2. The van der Waals surface area contributed by atoms with Gasteiger partial charge in [0.1, 0.15) is 67.1 Å². The van der Waals surface area contributed by atoms with E-state index in [9.17, 15) is 46.0 Å². The summed E-state index contributed by atoms with van der Waals surface area (Å²) >= 11 is 0. The smallest absolute Gasteiger partial charge is 0.186 e. The van der Waals surface area contributed by atoms with Gasteiger partial charge >= 0.3 is 0 Å². The number of hydrogen-bond donors (Lipinski definition) is 9. The number of aliphatic hydroxyl groups is 9. The molecule has 4 aliphatic carbocycles. The molecular formula is C45H74O17. The van der Waals surface area contributed by atoms with Crippen LogP contribution in [0.5, 0.6) is 0 Å². The fourth-order valence-corrected chi connectivity index (χ4v) is 14.4. The first-order chi connectivity index (χ1) is 29.4. The van der Waals surface area contributed by atoms with Crippen molar-refractivity contribution >= 4 is 0 Å². The van der Waals surface area contributed by atoms with E-state index in [1.165, 1.54) is 26.2 Å². The second-order valence-electron chi connectivity index (χ2n) is 21.6. The zero-order valence-electron chi connectivity index (χ0n) is 36.8. The summed E-state index contributed by atoms with van der Waals surface area (Å²) in [6.07, 6.45) is -11.5. The first kappa shape index (κ1) is 46.4. The highest BCUT2D eigenvalue weighted by molar-refractivity contribution is 5.15. The summed E-state index contributed by atoms with van der Waals surface area (Å²) in [6.45, 7) is 11.1. The summed E-state index contributed by atoms with van der Waals surface area (Å²) in [6, 6.07) is 0. The molecule has 4 saturated carbocycles. The van der Waals surface area contributed by atoms with Gasteiger partial charge in [0.05, 0.1) is 38.1 Å². The fraction of sp³-hybridized carbons (Fsp3) is 1.00. The minimum Gasteiger partial charge on any atom is -0.388 e. The molecule has 356 valence electrons. The highest BCUT2D eigenvalue weighted by Gasteiger charge is 2.69. The van der Waals surface area contributed by atoms with Crippen molar-refractivity contribution in [3.8, 4) is 0 Å². The van der Waals surface area contributed by atoms with Gasteiger partial charge in [-0.2, -0.15) is 0 Å². The van der Waals surface area contributed by atoms with Crippen molar-refractivity contribution in [3.63, 3.8) is 0 Å². The SMILES string of the molecule is C[C@H]1CC[C@@]2(OC1)O[C@H]1C[C@H]3[C@@H]4CC[C@@H]5C[C@@H](O[C@@H]6O[C@H](CO[C@@H]7O[C@H](CO[C@@H]8O[C@@H](C)[C@H](O)[C@@H](O)[C@H]8O)[C@@H](O)[C@H](O)[C@H]7O)[C@@H](O)[C@H](O)[C@H]6O)CC[C@]5(C)[C@H]4CC[C@]3(C)[C@H]1[C@@H]2C. The van der Waals surface area contributed by atoms with E-state index < -0.39 is 111 Å². The van der Waals surface area contributed by atoms with Crippen molar-refractivity contribution in [1.82, 2.24) is 0 Å². The van der Waals surface area contributed by atoms with Gasteiger partial charge in [-0.25, -0.2) is 0 Å². The van der Waals surface area contributed by atoms with Crippen molar-refractivity contribution in [2.75, 3.05) is 19.8 Å². The Labute approximate surface area is 364 Å². The molecule has 0 radical (unpaired) electrons. The standard InChI is InChI=1S/C45H74O17/c1-19-8-13-45(57-16-19)20(2)30-27(62-45)15-26-24-7-6-22-14-23(9-11-43(22,4)25(24)10-12-44(26,30)5)59-42-39(54)36(51)33(48)29(61-42)18-56-41-38(53)35(50)32(47)28(60-41)17-55-40-37(52)34(49)31(46)21(3)58-40/h19-42,46-54H,6-18H2,1-5H3/t19-,20-,21-,22+,23-,24+,25-,26-,27-,28+,29+,30-,31-,32+,33+,34+,35-,36-,37+,38+,39+,40+,41+,42+,43-,44-,45+/m0/s1. The van der Waals surface area contributed by atoms with E-state index in [4.69, 9.17) is 37.9 Å². The topological polar surface area (TPSA) is 256 Å². The first-order valence-electron chi connectivity index (χ1n) is 23.7. The molecule has 0 aromatic carbocycles. The van der Waals surface area contributed by atoms with Crippen LogP contribution in [0.15, 0.2) is 0 Å². The zero-order valence-corrected chi connectivity index (χ0v) is 36.8. The largest absolute Gasteiger partial charge is 0.388 e. The molecule has 17 nitrogen and oxygen atoms in total. The second kappa shape index (κ2) is 17.4. The normalized spacial score (nSPS) is 58.9. The van der Waals surface area contributed by atoms with Gasteiger partial charge < -0.3 is 83.9 Å². The Bertz CT molecular complexity index is 1550. The monoisotopic (exact) mass is 886 g/mol. The molecule has 9 N–H and O–H groups in total. The summed E-state index contributed by atoms with van der Waals surface area (Å²) in [5, 5.41) is 95.4. The van der Waals surface area contributed by atoms with Crippen molar-refractivity contribution in [3.05, 3.63) is 0 Å². The molecule has 5 heterocycles. The highest BCUT2D eigenvalue weighted by Crippen LogP contribution is 2.71. The third kappa shape index (κ3) is 7.75. The molecule has 17 heteroatoms. The molecule has 0 amide bonds. The Kier molecular flexibility index (Phi) is 13.1. The predicted molar refractivity (Wildman–Crippen MR) is 214 cm³/mol. The lowest BCUT2D eigenvalue weighted by Gasteiger charge is -2.61. The number of fused-ring (bicyclic) bond motifs is 7. The Hall–Kier alpha value is -0.680. The van der Waals surface area contributed by atoms with Gasteiger partial charge in [0.2, 0.25) is 0 Å². The van der Waals surface area contributed by atoms with Crippen LogP contribution in [0.25, 0.3) is 0 Å². The van der Waals surface area contributed by atoms with E-state index in [2.05, 4.69) is 27.7 Å². The van der Waals surface area contributed by atoms with E-state index in [0.717, 1.165) is 51.6 Å². The molecule has 5 saturated heterocycles. The lowest BCUT2D eigenvalue weighted by Crippen LogP contribution is -2.62. The van der Waals surface area contributed by atoms with E-state index in [1.807, 2.05) is 0 Å². The Morgan fingerprint density at radius 2 is 1.16 bits per heavy atom. The number of hydrogen-bond acceptors (Lipinski definition) is 17. The fourth-order valence-electron chi connectivity index (χ4n) is 14.4. The highest BCUT2D eigenvalue weighted by atomic mass is 16.7. The van der Waals surface area contributed by atoms with Crippen LogP contribution < -0.4 is 0 Å². The van der Waals surface area contributed by atoms with E-state index in [0.29, 0.717) is 41.4 Å². The number of aliphatic hydroxyl groups excluding tert-OH is 9. The van der Waals surface area contributed by atoms with Gasteiger partial charge in [0.15, 0.2) is 24.7 Å². The Balaban J connectivity index is 0.791. The van der Waals surface area contributed by atoms with E-state index in [-0.39, 0.29) is 23.0 Å². The van der Waals surface area contributed by atoms with Gasteiger partial charge in [-0.05, 0) is 111 Å². The average molecular weight is 887 g/mol. The van der Waals surface area contributed by atoms with Crippen LogP contribution in [0.2, 0.25) is 0 Å². The maximum Gasteiger partial charge on any atom is 0.186 e. The van der Waals surface area contributed by atoms with Crippen molar-refractivity contribution in [2.24, 2.45) is 52.3 Å². The maximum absolute atomic E-state index is 11.1. The molecular weight excluding hydrogens is 812 g/mol. The van der Waals surface area contributed by atoms with Crippen molar-refractivity contribution in [1.29, 1.82) is 0 Å². The van der Waals surface area contributed by atoms with Crippen LogP contribution in [-0.2, 0) is 37.9 Å². The Morgan fingerprint density at radius 1 is 0.565 bits per heavy atom. The lowest BCUT2D eigenvalue weighted by atomic mass is 9.44. The minimum absolute atomic E-state index is 0.156. The number of ether oxygens (including phenoxy) is 8. The third-order valence-electron chi connectivity index (χ3n) is 18.2. The molecule has 9 fully saturated rings. The van der Waals surface area contributed by atoms with Gasteiger partial charge in [0, 0.05) is 12.3 Å². The quantitative estimate of drug-likeness (QED) is 0.149. The van der Waals surface area contributed by atoms with Crippen LogP contribution in [0.3, 0.4) is 0 Å². The van der Waals surface area contributed by atoms with Crippen LogP contribution in [0.4, 0.5) is 0 Å². The van der Waals surface area contributed by atoms with Gasteiger partial charge in [-0.3, -0.25) is 0 Å². The molecule has 0 bridgehead atoms. The van der Waals surface area contributed by atoms with Crippen molar-refractivity contribution < 1.29 is 83.9 Å².